The molecule has 9 heteroatoms. The second kappa shape index (κ2) is 12.8. The molecule has 4 N–H and O–H groups in total. The van der Waals surface area contributed by atoms with Gasteiger partial charge in [0.25, 0.3) is 16.0 Å². The van der Waals surface area contributed by atoms with Gasteiger partial charge in [0.05, 0.1) is 17.8 Å². The summed E-state index contributed by atoms with van der Waals surface area (Å²) in [6.45, 7) is 6.14. The number of rotatable bonds is 6. The van der Waals surface area contributed by atoms with Gasteiger partial charge in [0.1, 0.15) is 0 Å². The third kappa shape index (κ3) is 8.11. The number of anilines is 1. The predicted octanol–water partition coefficient (Wildman–Crippen LogP) is 4.61. The molecule has 0 radical (unpaired) electrons. The van der Waals surface area contributed by atoms with Crippen LogP contribution in [0.4, 0.5) is 5.69 Å². The minimum Gasteiger partial charge on any atom is -0.345 e. The van der Waals surface area contributed by atoms with Crippen molar-refractivity contribution in [1.29, 1.82) is 0 Å². The van der Waals surface area contributed by atoms with Gasteiger partial charge in [0.15, 0.2) is 0 Å². The summed E-state index contributed by atoms with van der Waals surface area (Å²) < 4.78 is 26.9. The maximum atomic E-state index is 13.1. The van der Waals surface area contributed by atoms with E-state index < -0.39 is 10.1 Å². The van der Waals surface area contributed by atoms with Crippen molar-refractivity contribution >= 4 is 38.4 Å². The molecule has 2 atom stereocenters. The van der Waals surface area contributed by atoms with Crippen LogP contribution in [0.2, 0.25) is 0 Å². The van der Waals surface area contributed by atoms with Gasteiger partial charge in [0.2, 0.25) is 5.91 Å². The first-order valence-corrected chi connectivity index (χ1v) is 14.1. The Morgan fingerprint density at radius 2 is 1.78 bits per heavy atom. The summed E-state index contributed by atoms with van der Waals surface area (Å²) in [6.07, 6.45) is 3.00. The van der Waals surface area contributed by atoms with Crippen LogP contribution in [-0.2, 0) is 14.9 Å². The largest absolute Gasteiger partial charge is 0.345 e. The average molecular weight is 526 g/mol. The van der Waals surface area contributed by atoms with Gasteiger partial charge in [0, 0.05) is 11.3 Å². The van der Waals surface area contributed by atoms with Crippen LogP contribution in [0, 0.1) is 6.92 Å². The molecule has 0 saturated carbocycles. The topological polar surface area (TPSA) is 125 Å². The van der Waals surface area contributed by atoms with E-state index >= 15 is 0 Å². The number of aryl methyl sites for hydroxylation is 1. The third-order valence-electron chi connectivity index (χ3n) is 6.38. The zero-order valence-electron chi connectivity index (χ0n) is 21.5. The van der Waals surface area contributed by atoms with Crippen molar-refractivity contribution < 1.29 is 22.6 Å². The Morgan fingerprint density at radius 1 is 1.08 bits per heavy atom. The fourth-order valence-electron chi connectivity index (χ4n) is 4.23. The average Bonchev–Trinajstić information content (AvgIpc) is 2.89. The molecule has 0 unspecified atom stereocenters. The van der Waals surface area contributed by atoms with Gasteiger partial charge in [-0.2, -0.15) is 8.42 Å². The van der Waals surface area contributed by atoms with E-state index in [9.17, 15) is 18.0 Å². The lowest BCUT2D eigenvalue weighted by Gasteiger charge is -2.23. The van der Waals surface area contributed by atoms with Crippen LogP contribution in [0.5, 0.6) is 0 Å². The van der Waals surface area contributed by atoms with Crippen LogP contribution in [-0.4, -0.2) is 43.1 Å². The molecular weight excluding hydrogens is 490 g/mol. The van der Waals surface area contributed by atoms with Crippen molar-refractivity contribution in [2.75, 3.05) is 17.6 Å². The van der Waals surface area contributed by atoms with Gasteiger partial charge in [-0.25, -0.2) is 0 Å². The molecule has 0 aromatic heterocycles. The first kappa shape index (κ1) is 28.3. The highest BCUT2D eigenvalue weighted by atomic mass is 32.2. The van der Waals surface area contributed by atoms with Gasteiger partial charge in [-0.15, -0.1) is 0 Å². The van der Waals surface area contributed by atoms with E-state index in [1.807, 2.05) is 50.2 Å². The van der Waals surface area contributed by atoms with E-state index in [1.165, 1.54) is 6.92 Å². The van der Waals surface area contributed by atoms with E-state index in [0.29, 0.717) is 11.3 Å². The van der Waals surface area contributed by atoms with Crippen molar-refractivity contribution in [2.45, 2.75) is 52.1 Å². The van der Waals surface area contributed by atoms with E-state index in [1.54, 1.807) is 6.07 Å². The quantitative estimate of drug-likeness (QED) is 0.348. The Balaban J connectivity index is 0.000000568. The molecule has 0 spiro atoms. The van der Waals surface area contributed by atoms with Crippen LogP contribution < -0.4 is 16.0 Å². The third-order valence-corrected chi connectivity index (χ3v) is 7.11. The van der Waals surface area contributed by atoms with Crippen molar-refractivity contribution in [3.8, 4) is 0 Å². The molecule has 1 saturated heterocycles. The molecule has 8 nitrogen and oxygen atoms in total. The minimum atomic E-state index is -3.66. The van der Waals surface area contributed by atoms with Crippen LogP contribution in [0.3, 0.4) is 0 Å². The Morgan fingerprint density at radius 3 is 2.46 bits per heavy atom. The van der Waals surface area contributed by atoms with Gasteiger partial charge >= 0.3 is 0 Å². The maximum Gasteiger partial charge on any atom is 0.264 e. The lowest BCUT2D eigenvalue weighted by Crippen LogP contribution is -2.43. The smallest absolute Gasteiger partial charge is 0.264 e. The second-order valence-electron chi connectivity index (χ2n) is 9.16. The van der Waals surface area contributed by atoms with Crippen LogP contribution in [0.25, 0.3) is 10.8 Å². The van der Waals surface area contributed by atoms with Crippen molar-refractivity contribution in [3.63, 3.8) is 0 Å². The summed E-state index contributed by atoms with van der Waals surface area (Å²) in [5.41, 5.74) is 3.17. The maximum absolute atomic E-state index is 13.1. The molecule has 3 aromatic carbocycles. The summed E-state index contributed by atoms with van der Waals surface area (Å²) in [5.74, 6) is -0.392. The summed E-state index contributed by atoms with van der Waals surface area (Å²) in [7, 11) is -3.66. The molecule has 4 rings (SSSR count). The van der Waals surface area contributed by atoms with E-state index in [2.05, 4.69) is 34.1 Å². The van der Waals surface area contributed by atoms with Crippen LogP contribution in [0.1, 0.15) is 60.6 Å². The van der Waals surface area contributed by atoms with E-state index in [4.69, 9.17) is 4.55 Å². The minimum absolute atomic E-state index is 0.0426. The molecular formula is C28H35N3O5S. The lowest BCUT2D eigenvalue weighted by atomic mass is 9.99. The highest BCUT2D eigenvalue weighted by molar-refractivity contribution is 7.85. The Bertz CT molecular complexity index is 1350. The SMILES string of the molecule is CCS(=O)(=O)O.Cc1ccc(NC(=O)[C@H]2CCCCN2)cc1C(=O)N[C@H](C)c1cccc2ccccc12. The number of carbonyl (C=O) groups is 2. The van der Waals surface area contributed by atoms with Crippen molar-refractivity contribution in [1.82, 2.24) is 10.6 Å². The summed E-state index contributed by atoms with van der Waals surface area (Å²) in [4.78, 5) is 25.6. The second-order valence-corrected chi connectivity index (χ2v) is 10.9. The number of amides is 2. The van der Waals surface area contributed by atoms with Gasteiger partial charge in [-0.05, 0) is 74.2 Å². The van der Waals surface area contributed by atoms with E-state index in [0.717, 1.165) is 47.7 Å². The molecule has 1 heterocycles. The van der Waals surface area contributed by atoms with Crippen LogP contribution in [0.15, 0.2) is 60.7 Å². The fourth-order valence-corrected chi connectivity index (χ4v) is 4.23. The molecule has 1 fully saturated rings. The zero-order valence-corrected chi connectivity index (χ0v) is 22.3. The fraction of sp³-hybridized carbons (Fsp3) is 0.357. The van der Waals surface area contributed by atoms with Crippen molar-refractivity contribution in [2.24, 2.45) is 0 Å². The van der Waals surface area contributed by atoms with Crippen molar-refractivity contribution in [3.05, 3.63) is 77.4 Å². The summed E-state index contributed by atoms with van der Waals surface area (Å²) in [6, 6.07) is 19.5. The number of fused-ring (bicyclic) bond motifs is 1. The molecule has 3 aromatic rings. The molecule has 1 aliphatic rings. The molecule has 198 valence electrons. The number of hydrogen-bond donors (Lipinski definition) is 4. The normalized spacial score (nSPS) is 16.3. The highest BCUT2D eigenvalue weighted by Crippen LogP contribution is 2.25. The number of nitrogens with one attached hydrogen (secondary N) is 3. The van der Waals surface area contributed by atoms with Gasteiger partial charge < -0.3 is 16.0 Å². The van der Waals surface area contributed by atoms with Crippen LogP contribution >= 0.6 is 0 Å². The summed E-state index contributed by atoms with van der Waals surface area (Å²) >= 11 is 0. The van der Waals surface area contributed by atoms with E-state index in [-0.39, 0.29) is 29.7 Å². The van der Waals surface area contributed by atoms with Gasteiger partial charge in [-0.1, -0.05) is 55.0 Å². The summed E-state index contributed by atoms with van der Waals surface area (Å²) in [5, 5.41) is 11.6. The number of hydrogen-bond acceptors (Lipinski definition) is 5. The standard InChI is InChI=1S/C26H29N3O2.C2H6O3S/c1-17-13-14-20(29-26(31)24-12-5-6-15-27-24)16-23(17)25(30)28-18(2)21-11-7-9-19-8-3-4-10-22(19)21;1-2-6(3,4)5/h3-4,7-11,13-14,16,18,24,27H,5-6,12,15H2,1-2H3,(H,28,30)(H,29,31);2H2,1H3,(H,3,4,5)/t18-,24-;/m1./s1. The predicted molar refractivity (Wildman–Crippen MR) is 147 cm³/mol. The number of piperidine rings is 1. The Labute approximate surface area is 218 Å². The molecule has 37 heavy (non-hydrogen) atoms. The molecule has 2 amide bonds. The Kier molecular flexibility index (Phi) is 9.79. The molecule has 0 aliphatic carbocycles. The lowest BCUT2D eigenvalue weighted by molar-refractivity contribution is -0.118. The number of benzene rings is 3. The Hall–Kier alpha value is -3.27. The number of carbonyl (C=O) groups excluding carboxylic acids is 2. The highest BCUT2D eigenvalue weighted by Gasteiger charge is 2.21. The first-order chi connectivity index (χ1) is 17.6. The zero-order chi connectivity index (χ0) is 27.0. The molecule has 1 aliphatic heterocycles. The monoisotopic (exact) mass is 525 g/mol. The first-order valence-electron chi connectivity index (χ1n) is 12.5. The van der Waals surface area contributed by atoms with Gasteiger partial charge in [-0.3, -0.25) is 14.1 Å². The molecule has 0 bridgehead atoms.